The van der Waals surface area contributed by atoms with Crippen LogP contribution in [0.4, 0.5) is 0 Å². The second-order valence-electron chi connectivity index (χ2n) is 7.78. The van der Waals surface area contributed by atoms with Gasteiger partial charge in [-0.2, -0.15) is 0 Å². The molecular formula is C26H30N2O4. The number of hydrogen-bond donors (Lipinski definition) is 1. The maximum absolute atomic E-state index is 13.0. The molecule has 0 bridgehead atoms. The Balaban J connectivity index is 1.54. The van der Waals surface area contributed by atoms with E-state index in [1.807, 2.05) is 61.5 Å². The van der Waals surface area contributed by atoms with E-state index in [4.69, 9.17) is 14.2 Å². The molecule has 168 valence electrons. The van der Waals surface area contributed by atoms with Crippen molar-refractivity contribution in [2.45, 2.75) is 13.0 Å². The van der Waals surface area contributed by atoms with Crippen LogP contribution in [0.15, 0.2) is 60.7 Å². The molecule has 0 aromatic heterocycles. The average molecular weight is 435 g/mol. The van der Waals surface area contributed by atoms with E-state index in [1.165, 1.54) is 0 Å². The van der Waals surface area contributed by atoms with Crippen molar-refractivity contribution in [1.29, 1.82) is 0 Å². The normalized spacial score (nSPS) is 15.3. The van der Waals surface area contributed by atoms with Gasteiger partial charge in [0.1, 0.15) is 0 Å². The third-order valence-corrected chi connectivity index (χ3v) is 5.83. The van der Waals surface area contributed by atoms with Crippen molar-refractivity contribution in [3.8, 4) is 11.5 Å². The number of ether oxygens (including phenoxy) is 3. The maximum Gasteiger partial charge on any atom is 0.251 e. The smallest absolute Gasteiger partial charge is 0.251 e. The van der Waals surface area contributed by atoms with Gasteiger partial charge >= 0.3 is 0 Å². The van der Waals surface area contributed by atoms with Gasteiger partial charge in [0.05, 0.1) is 33.0 Å². The van der Waals surface area contributed by atoms with Gasteiger partial charge in [-0.25, -0.2) is 0 Å². The molecule has 1 aliphatic rings. The Hall–Kier alpha value is -3.09. The number of nitrogens with zero attached hydrogens (tertiary/aromatic N) is 1. The fourth-order valence-corrected chi connectivity index (χ4v) is 4.14. The van der Waals surface area contributed by atoms with Gasteiger partial charge in [0.2, 0.25) is 0 Å². The van der Waals surface area contributed by atoms with Gasteiger partial charge in [0.15, 0.2) is 11.5 Å². The number of rotatable bonds is 8. The summed E-state index contributed by atoms with van der Waals surface area (Å²) >= 11 is 0. The molecule has 1 atom stereocenters. The standard InChI is InChI=1S/C26H30N2O4/c1-3-32-24-11-10-21(17-25(24)30-2)23(28-12-14-31-15-13-28)18-27-26(29)22-9-8-19-6-4-5-7-20(19)16-22/h4-11,16-17,23H,3,12-15,18H2,1-2H3,(H,27,29). The SMILES string of the molecule is CCOc1ccc(C(CNC(=O)c2ccc3ccccc3c2)N2CCOCC2)cc1OC. The first-order chi connectivity index (χ1) is 15.7. The highest BCUT2D eigenvalue weighted by Crippen LogP contribution is 2.32. The van der Waals surface area contributed by atoms with Gasteiger partial charge < -0.3 is 19.5 Å². The second-order valence-corrected chi connectivity index (χ2v) is 7.78. The molecule has 1 fully saturated rings. The zero-order chi connectivity index (χ0) is 22.3. The predicted octanol–water partition coefficient (Wildman–Crippen LogP) is 4.05. The summed E-state index contributed by atoms with van der Waals surface area (Å²) in [6.07, 6.45) is 0. The zero-order valence-electron chi connectivity index (χ0n) is 18.7. The molecule has 1 unspecified atom stereocenters. The minimum Gasteiger partial charge on any atom is -0.493 e. The van der Waals surface area contributed by atoms with E-state index in [9.17, 15) is 4.79 Å². The summed E-state index contributed by atoms with van der Waals surface area (Å²) in [5.74, 6) is 1.34. The number of nitrogens with one attached hydrogen (secondary N) is 1. The molecule has 0 spiro atoms. The molecule has 6 heteroatoms. The van der Waals surface area contributed by atoms with Crippen LogP contribution in [0.5, 0.6) is 11.5 Å². The van der Waals surface area contributed by atoms with Gasteiger partial charge in [-0.05, 0) is 47.5 Å². The Labute approximate surface area is 189 Å². The minimum absolute atomic E-state index is 0.00730. The third-order valence-electron chi connectivity index (χ3n) is 5.83. The van der Waals surface area contributed by atoms with E-state index in [-0.39, 0.29) is 11.9 Å². The predicted molar refractivity (Wildman–Crippen MR) is 126 cm³/mol. The average Bonchev–Trinajstić information content (AvgIpc) is 2.85. The van der Waals surface area contributed by atoms with Gasteiger partial charge in [0, 0.05) is 25.2 Å². The molecule has 1 saturated heterocycles. The van der Waals surface area contributed by atoms with Crippen LogP contribution >= 0.6 is 0 Å². The molecule has 32 heavy (non-hydrogen) atoms. The maximum atomic E-state index is 13.0. The van der Waals surface area contributed by atoms with Crippen molar-refractivity contribution in [2.24, 2.45) is 0 Å². The molecule has 3 aromatic rings. The number of carbonyl (C=O) groups is 1. The lowest BCUT2D eigenvalue weighted by Crippen LogP contribution is -2.43. The highest BCUT2D eigenvalue weighted by Gasteiger charge is 2.24. The van der Waals surface area contributed by atoms with Crippen LogP contribution in [0.2, 0.25) is 0 Å². The highest BCUT2D eigenvalue weighted by molar-refractivity contribution is 5.98. The number of methoxy groups -OCH3 is 1. The van der Waals surface area contributed by atoms with E-state index in [2.05, 4.69) is 16.3 Å². The number of carbonyl (C=O) groups excluding carboxylic acids is 1. The first kappa shape index (κ1) is 22.1. The molecule has 4 rings (SSSR count). The Morgan fingerprint density at radius 1 is 1.03 bits per heavy atom. The van der Waals surface area contributed by atoms with E-state index in [0.29, 0.717) is 37.7 Å². The Morgan fingerprint density at radius 3 is 2.56 bits per heavy atom. The number of amides is 1. The molecule has 1 amide bonds. The van der Waals surface area contributed by atoms with Crippen LogP contribution in [0.25, 0.3) is 10.8 Å². The van der Waals surface area contributed by atoms with Crippen LogP contribution in [0, 0.1) is 0 Å². The minimum atomic E-state index is -0.0769. The highest BCUT2D eigenvalue weighted by atomic mass is 16.5. The van der Waals surface area contributed by atoms with Crippen LogP contribution < -0.4 is 14.8 Å². The topological polar surface area (TPSA) is 60.0 Å². The quantitative estimate of drug-likeness (QED) is 0.580. The molecule has 1 aliphatic heterocycles. The molecule has 3 aromatic carbocycles. The van der Waals surface area contributed by atoms with Crippen molar-refractivity contribution >= 4 is 16.7 Å². The van der Waals surface area contributed by atoms with Gasteiger partial charge in [-0.15, -0.1) is 0 Å². The summed E-state index contributed by atoms with van der Waals surface area (Å²) in [6.45, 7) is 6.00. The lowest BCUT2D eigenvalue weighted by molar-refractivity contribution is 0.0162. The lowest BCUT2D eigenvalue weighted by atomic mass is 10.0. The number of fused-ring (bicyclic) bond motifs is 1. The van der Waals surface area contributed by atoms with Crippen LogP contribution in [0.3, 0.4) is 0 Å². The summed E-state index contributed by atoms with van der Waals surface area (Å²) < 4.78 is 16.8. The molecule has 1 heterocycles. The van der Waals surface area contributed by atoms with Crippen molar-refractivity contribution in [2.75, 3.05) is 46.6 Å². The van der Waals surface area contributed by atoms with Crippen LogP contribution in [0.1, 0.15) is 28.9 Å². The van der Waals surface area contributed by atoms with Crippen molar-refractivity contribution in [3.05, 3.63) is 71.8 Å². The fourth-order valence-electron chi connectivity index (χ4n) is 4.14. The second kappa shape index (κ2) is 10.5. The van der Waals surface area contributed by atoms with E-state index in [0.717, 1.165) is 35.2 Å². The van der Waals surface area contributed by atoms with Gasteiger partial charge in [-0.3, -0.25) is 9.69 Å². The van der Waals surface area contributed by atoms with Gasteiger partial charge in [-0.1, -0.05) is 36.4 Å². The summed E-state index contributed by atoms with van der Waals surface area (Å²) in [5.41, 5.74) is 1.74. The summed E-state index contributed by atoms with van der Waals surface area (Å²) in [7, 11) is 1.65. The lowest BCUT2D eigenvalue weighted by Gasteiger charge is -2.35. The summed E-state index contributed by atoms with van der Waals surface area (Å²) in [6, 6.07) is 19.9. The monoisotopic (exact) mass is 434 g/mol. The number of morpholine rings is 1. The molecule has 0 aliphatic carbocycles. The van der Waals surface area contributed by atoms with Gasteiger partial charge in [0.25, 0.3) is 5.91 Å². The Bertz CT molecular complexity index is 1060. The molecule has 0 radical (unpaired) electrons. The fraction of sp³-hybridized carbons (Fsp3) is 0.346. The molecule has 1 N–H and O–H groups in total. The van der Waals surface area contributed by atoms with E-state index in [1.54, 1.807) is 7.11 Å². The Kier molecular flexibility index (Phi) is 7.24. The molecule has 0 saturated carbocycles. The van der Waals surface area contributed by atoms with Crippen molar-refractivity contribution < 1.29 is 19.0 Å². The zero-order valence-corrected chi connectivity index (χ0v) is 18.7. The number of hydrogen-bond acceptors (Lipinski definition) is 5. The summed E-state index contributed by atoms with van der Waals surface area (Å²) in [5, 5.41) is 5.32. The van der Waals surface area contributed by atoms with Crippen LogP contribution in [-0.4, -0.2) is 57.4 Å². The molecule has 6 nitrogen and oxygen atoms in total. The van der Waals surface area contributed by atoms with Crippen LogP contribution in [-0.2, 0) is 4.74 Å². The number of benzene rings is 3. The Morgan fingerprint density at radius 2 is 1.81 bits per heavy atom. The molecular weight excluding hydrogens is 404 g/mol. The van der Waals surface area contributed by atoms with E-state index < -0.39 is 0 Å². The summed E-state index contributed by atoms with van der Waals surface area (Å²) in [4.78, 5) is 15.3. The van der Waals surface area contributed by atoms with Crippen molar-refractivity contribution in [3.63, 3.8) is 0 Å². The first-order valence-electron chi connectivity index (χ1n) is 11.1. The largest absolute Gasteiger partial charge is 0.493 e. The van der Waals surface area contributed by atoms with E-state index >= 15 is 0 Å². The first-order valence-corrected chi connectivity index (χ1v) is 11.1. The van der Waals surface area contributed by atoms with Crippen molar-refractivity contribution in [1.82, 2.24) is 10.2 Å². The third kappa shape index (κ3) is 5.03.